The maximum absolute atomic E-state index is 12.6. The van der Waals surface area contributed by atoms with Crippen molar-refractivity contribution >= 4 is 0 Å². The van der Waals surface area contributed by atoms with Crippen LogP contribution in [0, 0.1) is 26.6 Å². The monoisotopic (exact) mass is 138 g/mol. The molecule has 54 valence electrons. The highest BCUT2D eigenvalue weighted by Gasteiger charge is 1.98. The Morgan fingerprint density at radius 2 is 1.40 bits per heavy atom. The Morgan fingerprint density at radius 1 is 1.00 bits per heavy atom. The van der Waals surface area contributed by atoms with Gasteiger partial charge in [-0.3, -0.25) is 0 Å². The fourth-order valence-corrected chi connectivity index (χ4v) is 0.983. The van der Waals surface area contributed by atoms with Gasteiger partial charge in [0, 0.05) is 0 Å². The predicted molar refractivity (Wildman–Crippen MR) is 40.6 cm³/mol. The Kier molecular flexibility index (Phi) is 1.75. The third-order valence-electron chi connectivity index (χ3n) is 1.89. The van der Waals surface area contributed by atoms with Crippen molar-refractivity contribution in [1.29, 1.82) is 0 Å². The standard InChI is InChI=1S/C9H11F/c1-6-4-9(10)5-7(2)8(6)3/h4-5H,1-3H3. The van der Waals surface area contributed by atoms with E-state index in [1.807, 2.05) is 20.8 Å². The quantitative estimate of drug-likeness (QED) is 0.517. The van der Waals surface area contributed by atoms with Gasteiger partial charge in [0.2, 0.25) is 0 Å². The molecule has 0 fully saturated rings. The SMILES string of the molecule is Cc1cc(F)cc(C)c1C. The zero-order chi connectivity index (χ0) is 7.72. The fraction of sp³-hybridized carbons (Fsp3) is 0.333. The van der Waals surface area contributed by atoms with Crippen molar-refractivity contribution in [2.75, 3.05) is 0 Å². The molecule has 1 aromatic carbocycles. The lowest BCUT2D eigenvalue weighted by molar-refractivity contribution is 0.624. The van der Waals surface area contributed by atoms with Gasteiger partial charge >= 0.3 is 0 Å². The van der Waals surface area contributed by atoms with Crippen molar-refractivity contribution < 1.29 is 4.39 Å². The van der Waals surface area contributed by atoms with E-state index in [4.69, 9.17) is 0 Å². The lowest BCUT2D eigenvalue weighted by Crippen LogP contribution is -1.87. The third kappa shape index (κ3) is 1.18. The largest absolute Gasteiger partial charge is 0.207 e. The predicted octanol–water partition coefficient (Wildman–Crippen LogP) is 2.75. The van der Waals surface area contributed by atoms with Crippen LogP contribution in [0.4, 0.5) is 4.39 Å². The lowest BCUT2D eigenvalue weighted by Gasteiger charge is -2.02. The molecule has 0 aliphatic rings. The minimum Gasteiger partial charge on any atom is -0.207 e. The average molecular weight is 138 g/mol. The van der Waals surface area contributed by atoms with Gasteiger partial charge in [-0.2, -0.15) is 0 Å². The molecule has 0 spiro atoms. The van der Waals surface area contributed by atoms with Crippen molar-refractivity contribution in [3.63, 3.8) is 0 Å². The summed E-state index contributed by atoms with van der Waals surface area (Å²) in [5.74, 6) is -0.138. The molecule has 0 nitrogen and oxygen atoms in total. The van der Waals surface area contributed by atoms with Gasteiger partial charge in [0.25, 0.3) is 0 Å². The van der Waals surface area contributed by atoms with E-state index >= 15 is 0 Å². The number of halogens is 1. The molecule has 0 aliphatic heterocycles. The highest BCUT2D eigenvalue weighted by Crippen LogP contribution is 2.13. The summed E-state index contributed by atoms with van der Waals surface area (Å²) in [7, 11) is 0. The van der Waals surface area contributed by atoms with Crippen LogP contribution in [0.15, 0.2) is 12.1 Å². The van der Waals surface area contributed by atoms with Crippen molar-refractivity contribution in [3.8, 4) is 0 Å². The summed E-state index contributed by atoms with van der Waals surface area (Å²) >= 11 is 0. The van der Waals surface area contributed by atoms with Crippen molar-refractivity contribution in [2.45, 2.75) is 20.8 Å². The van der Waals surface area contributed by atoms with Crippen LogP contribution in [0.2, 0.25) is 0 Å². The minimum absolute atomic E-state index is 0.138. The maximum atomic E-state index is 12.6. The van der Waals surface area contributed by atoms with Gasteiger partial charge in [-0.15, -0.1) is 0 Å². The summed E-state index contributed by atoms with van der Waals surface area (Å²) in [6, 6.07) is 3.12. The van der Waals surface area contributed by atoms with E-state index in [0.29, 0.717) is 0 Å². The molecule has 0 aromatic heterocycles. The van der Waals surface area contributed by atoms with Crippen LogP contribution in [0.5, 0.6) is 0 Å². The van der Waals surface area contributed by atoms with Gasteiger partial charge < -0.3 is 0 Å². The Balaban J connectivity index is 3.31. The molecule has 0 amide bonds. The van der Waals surface area contributed by atoms with Gasteiger partial charge in [-0.1, -0.05) is 0 Å². The third-order valence-corrected chi connectivity index (χ3v) is 1.89. The van der Waals surface area contributed by atoms with Gasteiger partial charge in [0.1, 0.15) is 5.82 Å². The first kappa shape index (κ1) is 7.26. The van der Waals surface area contributed by atoms with Crippen LogP contribution < -0.4 is 0 Å². The van der Waals surface area contributed by atoms with E-state index in [2.05, 4.69) is 0 Å². The molecule has 0 atom stereocenters. The average Bonchev–Trinajstić information content (AvgIpc) is 1.82. The zero-order valence-electron chi connectivity index (χ0n) is 6.53. The molecule has 0 saturated carbocycles. The summed E-state index contributed by atoms with van der Waals surface area (Å²) in [5, 5.41) is 0. The molecular formula is C9H11F. The van der Waals surface area contributed by atoms with Gasteiger partial charge in [0.05, 0.1) is 0 Å². The van der Waals surface area contributed by atoms with Crippen LogP contribution in [0.1, 0.15) is 16.7 Å². The van der Waals surface area contributed by atoms with Crippen molar-refractivity contribution in [1.82, 2.24) is 0 Å². The molecule has 0 radical (unpaired) electrons. The zero-order valence-corrected chi connectivity index (χ0v) is 6.53. The molecule has 1 heteroatoms. The molecule has 1 aromatic rings. The summed E-state index contributed by atoms with van der Waals surface area (Å²) in [5.41, 5.74) is 3.23. The number of aryl methyl sites for hydroxylation is 2. The second-order valence-electron chi connectivity index (χ2n) is 2.66. The molecule has 10 heavy (non-hydrogen) atoms. The van der Waals surface area contributed by atoms with Crippen LogP contribution in [0.25, 0.3) is 0 Å². The number of hydrogen-bond acceptors (Lipinski definition) is 0. The van der Waals surface area contributed by atoms with Crippen LogP contribution >= 0.6 is 0 Å². The Labute approximate surface area is 60.7 Å². The molecule has 1 rings (SSSR count). The van der Waals surface area contributed by atoms with Gasteiger partial charge in [-0.25, -0.2) is 4.39 Å². The van der Waals surface area contributed by atoms with Crippen molar-refractivity contribution in [3.05, 3.63) is 34.6 Å². The second kappa shape index (κ2) is 2.41. The molecule has 0 unspecified atom stereocenters. The van der Waals surface area contributed by atoms with Crippen molar-refractivity contribution in [2.24, 2.45) is 0 Å². The topological polar surface area (TPSA) is 0 Å². The first-order valence-corrected chi connectivity index (χ1v) is 3.34. The van der Waals surface area contributed by atoms with Gasteiger partial charge in [-0.05, 0) is 49.6 Å². The highest BCUT2D eigenvalue weighted by molar-refractivity contribution is 5.32. The molecular weight excluding hydrogens is 127 g/mol. The molecule has 0 bridgehead atoms. The number of hydrogen-bond donors (Lipinski definition) is 0. The van der Waals surface area contributed by atoms with Gasteiger partial charge in [0.15, 0.2) is 0 Å². The number of benzene rings is 1. The second-order valence-corrected chi connectivity index (χ2v) is 2.66. The Hall–Kier alpha value is -0.850. The molecule has 0 aliphatic carbocycles. The van der Waals surface area contributed by atoms with Crippen LogP contribution in [0.3, 0.4) is 0 Å². The Morgan fingerprint density at radius 3 is 1.80 bits per heavy atom. The summed E-state index contributed by atoms with van der Waals surface area (Å²) in [6.45, 7) is 5.85. The fourth-order valence-electron chi connectivity index (χ4n) is 0.983. The van der Waals surface area contributed by atoms with Crippen LogP contribution in [-0.4, -0.2) is 0 Å². The van der Waals surface area contributed by atoms with Crippen LogP contribution in [-0.2, 0) is 0 Å². The van der Waals surface area contributed by atoms with E-state index in [-0.39, 0.29) is 5.82 Å². The van der Waals surface area contributed by atoms with E-state index in [1.54, 1.807) is 12.1 Å². The first-order chi connectivity index (χ1) is 4.61. The molecule has 0 saturated heterocycles. The van der Waals surface area contributed by atoms with E-state index in [1.165, 1.54) is 5.56 Å². The van der Waals surface area contributed by atoms with E-state index in [0.717, 1.165) is 11.1 Å². The first-order valence-electron chi connectivity index (χ1n) is 3.34. The van der Waals surface area contributed by atoms with E-state index < -0.39 is 0 Å². The summed E-state index contributed by atoms with van der Waals surface area (Å²) < 4.78 is 12.6. The molecule has 0 heterocycles. The lowest BCUT2D eigenvalue weighted by atomic mass is 10.0. The summed E-state index contributed by atoms with van der Waals surface area (Å²) in [4.78, 5) is 0. The molecule has 0 N–H and O–H groups in total. The van der Waals surface area contributed by atoms with E-state index in [9.17, 15) is 4.39 Å². The normalized spacial score (nSPS) is 10.0. The highest BCUT2D eigenvalue weighted by atomic mass is 19.1. The Bertz CT molecular complexity index is 228. The maximum Gasteiger partial charge on any atom is 0.123 e. The minimum atomic E-state index is -0.138. The summed E-state index contributed by atoms with van der Waals surface area (Å²) in [6.07, 6.45) is 0. The number of rotatable bonds is 0. The smallest absolute Gasteiger partial charge is 0.123 e.